The minimum Gasteiger partial charge on any atom is -0.312 e. The second kappa shape index (κ2) is 6.31. The number of pyridine rings is 1. The van der Waals surface area contributed by atoms with Crippen LogP contribution in [0.2, 0.25) is 0 Å². The Balaban J connectivity index is 1.95. The van der Waals surface area contributed by atoms with Crippen LogP contribution in [-0.4, -0.2) is 35.6 Å². The summed E-state index contributed by atoms with van der Waals surface area (Å²) in [4.78, 5) is 7.33. The van der Waals surface area contributed by atoms with Crippen LogP contribution in [0.1, 0.15) is 32.5 Å². The number of aromatic nitrogens is 1. The van der Waals surface area contributed by atoms with Gasteiger partial charge in [-0.2, -0.15) is 0 Å². The van der Waals surface area contributed by atoms with Gasteiger partial charge in [0.2, 0.25) is 0 Å². The van der Waals surface area contributed by atoms with E-state index in [4.69, 9.17) is 4.98 Å². The lowest BCUT2D eigenvalue weighted by molar-refractivity contribution is 0.114. The summed E-state index contributed by atoms with van der Waals surface area (Å²) in [5, 5.41) is 4.35. The number of fused-ring (bicyclic) bond motifs is 1. The smallest absolute Gasteiger partial charge is 0.123 e. The summed E-state index contributed by atoms with van der Waals surface area (Å²) < 4.78 is 13.3. The van der Waals surface area contributed by atoms with Gasteiger partial charge in [0.15, 0.2) is 0 Å². The summed E-state index contributed by atoms with van der Waals surface area (Å²) in [7, 11) is 0. The molecule has 0 amide bonds. The summed E-state index contributed by atoms with van der Waals surface area (Å²) >= 11 is 0. The summed E-state index contributed by atoms with van der Waals surface area (Å²) in [6.45, 7) is 9.80. The number of nitrogens with one attached hydrogen (secondary N) is 1. The monoisotopic (exact) mass is 301 g/mol. The van der Waals surface area contributed by atoms with Crippen molar-refractivity contribution in [2.75, 3.05) is 19.6 Å². The molecule has 0 saturated carbocycles. The van der Waals surface area contributed by atoms with E-state index in [1.807, 2.05) is 6.07 Å². The standard InChI is InChI=1S/C18H24FN3/c1-12(2)18(22-9-8-20-13(3)11-22)17-6-4-14-10-15(19)5-7-16(14)21-17/h4-7,10,12-13,18,20H,8-9,11H2,1-3H3. The molecule has 118 valence electrons. The van der Waals surface area contributed by atoms with Gasteiger partial charge in [-0.1, -0.05) is 19.9 Å². The number of rotatable bonds is 3. The highest BCUT2D eigenvalue weighted by Gasteiger charge is 2.28. The first-order valence-electron chi connectivity index (χ1n) is 8.08. The van der Waals surface area contributed by atoms with Crippen molar-refractivity contribution in [3.05, 3.63) is 41.8 Å². The van der Waals surface area contributed by atoms with Crippen LogP contribution in [0.4, 0.5) is 4.39 Å². The fourth-order valence-corrected chi connectivity index (χ4v) is 3.44. The molecule has 2 aromatic rings. The maximum Gasteiger partial charge on any atom is 0.123 e. The summed E-state index contributed by atoms with van der Waals surface area (Å²) in [5.74, 6) is 0.272. The van der Waals surface area contributed by atoms with Gasteiger partial charge in [-0.05, 0) is 37.1 Å². The highest BCUT2D eigenvalue weighted by atomic mass is 19.1. The van der Waals surface area contributed by atoms with Gasteiger partial charge in [0.05, 0.1) is 17.3 Å². The topological polar surface area (TPSA) is 28.2 Å². The van der Waals surface area contributed by atoms with E-state index in [0.29, 0.717) is 18.0 Å². The second-order valence-corrected chi connectivity index (χ2v) is 6.61. The number of nitrogens with zero attached hydrogens (tertiary/aromatic N) is 2. The minimum atomic E-state index is -0.210. The van der Waals surface area contributed by atoms with Crippen molar-refractivity contribution in [1.82, 2.24) is 15.2 Å². The molecule has 1 fully saturated rings. The van der Waals surface area contributed by atoms with E-state index in [0.717, 1.165) is 36.2 Å². The van der Waals surface area contributed by atoms with Crippen LogP contribution in [0.25, 0.3) is 10.9 Å². The van der Waals surface area contributed by atoms with Crippen LogP contribution in [0, 0.1) is 11.7 Å². The van der Waals surface area contributed by atoms with Crippen molar-refractivity contribution in [3.63, 3.8) is 0 Å². The van der Waals surface area contributed by atoms with E-state index in [1.165, 1.54) is 6.07 Å². The predicted octanol–water partition coefficient (Wildman–Crippen LogP) is 3.36. The Hall–Kier alpha value is -1.52. The first-order valence-corrected chi connectivity index (χ1v) is 8.08. The van der Waals surface area contributed by atoms with Crippen LogP contribution in [0.15, 0.2) is 30.3 Å². The molecule has 0 bridgehead atoms. The number of piperazine rings is 1. The van der Waals surface area contributed by atoms with Gasteiger partial charge in [0, 0.05) is 31.1 Å². The van der Waals surface area contributed by atoms with Gasteiger partial charge in [-0.3, -0.25) is 9.88 Å². The van der Waals surface area contributed by atoms with E-state index >= 15 is 0 Å². The summed E-state index contributed by atoms with van der Waals surface area (Å²) in [6.07, 6.45) is 0. The molecule has 0 spiro atoms. The molecule has 3 nitrogen and oxygen atoms in total. The van der Waals surface area contributed by atoms with Crippen LogP contribution in [0.3, 0.4) is 0 Å². The number of hydrogen-bond acceptors (Lipinski definition) is 3. The molecule has 1 N–H and O–H groups in total. The molecule has 2 atom stereocenters. The molecule has 4 heteroatoms. The van der Waals surface area contributed by atoms with Gasteiger partial charge >= 0.3 is 0 Å². The molecule has 1 saturated heterocycles. The van der Waals surface area contributed by atoms with Crippen molar-refractivity contribution >= 4 is 10.9 Å². The zero-order chi connectivity index (χ0) is 15.7. The largest absolute Gasteiger partial charge is 0.312 e. The number of benzene rings is 1. The molecular formula is C18H24FN3. The van der Waals surface area contributed by atoms with Crippen molar-refractivity contribution < 1.29 is 4.39 Å². The zero-order valence-corrected chi connectivity index (χ0v) is 13.5. The molecule has 2 heterocycles. The van der Waals surface area contributed by atoms with Crippen LogP contribution < -0.4 is 5.32 Å². The van der Waals surface area contributed by atoms with Gasteiger partial charge < -0.3 is 5.32 Å². The SMILES string of the molecule is CC1CN(C(c2ccc3cc(F)ccc3n2)C(C)C)CCN1. The molecule has 1 aliphatic heterocycles. The lowest BCUT2D eigenvalue weighted by Crippen LogP contribution is -2.51. The normalized spacial score (nSPS) is 21.4. The first-order chi connectivity index (χ1) is 10.5. The van der Waals surface area contributed by atoms with Gasteiger partial charge in [-0.15, -0.1) is 0 Å². The van der Waals surface area contributed by atoms with Crippen molar-refractivity contribution in [2.24, 2.45) is 5.92 Å². The Labute approximate surface area is 131 Å². The average molecular weight is 301 g/mol. The van der Waals surface area contributed by atoms with E-state index < -0.39 is 0 Å². The lowest BCUT2D eigenvalue weighted by Gasteiger charge is -2.39. The molecule has 1 aromatic heterocycles. The average Bonchev–Trinajstić information content (AvgIpc) is 2.47. The Morgan fingerprint density at radius 3 is 2.82 bits per heavy atom. The molecule has 1 aliphatic rings. The molecule has 0 aliphatic carbocycles. The van der Waals surface area contributed by atoms with Crippen LogP contribution in [0.5, 0.6) is 0 Å². The Bertz CT molecular complexity index is 656. The Kier molecular flexibility index (Phi) is 4.41. The maximum absolute atomic E-state index is 13.3. The van der Waals surface area contributed by atoms with Gasteiger partial charge in [0.1, 0.15) is 5.82 Å². The van der Waals surface area contributed by atoms with Crippen molar-refractivity contribution in [3.8, 4) is 0 Å². The van der Waals surface area contributed by atoms with E-state index in [1.54, 1.807) is 12.1 Å². The van der Waals surface area contributed by atoms with E-state index in [-0.39, 0.29) is 5.82 Å². The third-order valence-electron chi connectivity index (χ3n) is 4.40. The van der Waals surface area contributed by atoms with Crippen LogP contribution >= 0.6 is 0 Å². The molecule has 1 aromatic carbocycles. The molecular weight excluding hydrogens is 277 g/mol. The highest BCUT2D eigenvalue weighted by molar-refractivity contribution is 5.78. The van der Waals surface area contributed by atoms with Crippen LogP contribution in [-0.2, 0) is 0 Å². The van der Waals surface area contributed by atoms with Gasteiger partial charge in [-0.25, -0.2) is 4.39 Å². The zero-order valence-electron chi connectivity index (χ0n) is 13.5. The molecule has 3 rings (SSSR count). The quantitative estimate of drug-likeness (QED) is 0.942. The minimum absolute atomic E-state index is 0.210. The highest BCUT2D eigenvalue weighted by Crippen LogP contribution is 2.29. The number of halogens is 1. The molecule has 22 heavy (non-hydrogen) atoms. The molecule has 2 unspecified atom stereocenters. The predicted molar refractivity (Wildman–Crippen MR) is 88.3 cm³/mol. The van der Waals surface area contributed by atoms with Gasteiger partial charge in [0.25, 0.3) is 0 Å². The maximum atomic E-state index is 13.3. The second-order valence-electron chi connectivity index (χ2n) is 6.61. The fraction of sp³-hybridized carbons (Fsp3) is 0.500. The third kappa shape index (κ3) is 3.13. The molecule has 0 radical (unpaired) electrons. The number of hydrogen-bond donors (Lipinski definition) is 1. The Morgan fingerprint density at radius 2 is 2.09 bits per heavy atom. The Morgan fingerprint density at radius 1 is 1.27 bits per heavy atom. The fourth-order valence-electron chi connectivity index (χ4n) is 3.44. The van der Waals surface area contributed by atoms with Crippen molar-refractivity contribution in [2.45, 2.75) is 32.9 Å². The first kappa shape index (κ1) is 15.4. The lowest BCUT2D eigenvalue weighted by atomic mass is 9.96. The van der Waals surface area contributed by atoms with E-state index in [2.05, 4.69) is 37.1 Å². The van der Waals surface area contributed by atoms with E-state index in [9.17, 15) is 4.39 Å². The summed E-state index contributed by atoms with van der Waals surface area (Å²) in [5.41, 5.74) is 1.95. The third-order valence-corrected chi connectivity index (χ3v) is 4.40. The summed E-state index contributed by atoms with van der Waals surface area (Å²) in [6, 6.07) is 9.65. The van der Waals surface area contributed by atoms with Crippen molar-refractivity contribution in [1.29, 1.82) is 0 Å².